The smallest absolute Gasteiger partial charge is 0.251 e. The van der Waals surface area contributed by atoms with E-state index in [2.05, 4.69) is 5.32 Å². The van der Waals surface area contributed by atoms with Crippen molar-refractivity contribution < 1.29 is 18.0 Å². The van der Waals surface area contributed by atoms with E-state index in [9.17, 15) is 18.0 Å². The van der Waals surface area contributed by atoms with Crippen molar-refractivity contribution in [2.45, 2.75) is 35.6 Å². The molecule has 1 heterocycles. The first-order valence-electron chi connectivity index (χ1n) is 9.82. The fraction of sp³-hybridized carbons (Fsp3) is 0.167. The molecule has 0 saturated carbocycles. The highest BCUT2D eigenvalue weighted by molar-refractivity contribution is 7.91. The highest BCUT2D eigenvalue weighted by Gasteiger charge is 2.35. The molecule has 0 aromatic heterocycles. The zero-order chi connectivity index (χ0) is 21.3. The fourth-order valence-corrected chi connectivity index (χ4v) is 5.44. The van der Waals surface area contributed by atoms with Gasteiger partial charge in [0.25, 0.3) is 5.91 Å². The van der Waals surface area contributed by atoms with Gasteiger partial charge in [-0.25, -0.2) is 8.42 Å². The average molecular weight is 420 g/mol. The minimum atomic E-state index is -3.88. The monoisotopic (exact) mass is 419 g/mol. The van der Waals surface area contributed by atoms with Crippen molar-refractivity contribution in [3.63, 3.8) is 0 Å². The van der Waals surface area contributed by atoms with Gasteiger partial charge in [0.15, 0.2) is 5.78 Å². The normalized spacial score (nSPS) is 15.0. The Morgan fingerprint density at radius 2 is 1.57 bits per heavy atom. The summed E-state index contributed by atoms with van der Waals surface area (Å²) in [6.07, 6.45) is 1.63. The van der Waals surface area contributed by atoms with Crippen LogP contribution in [-0.4, -0.2) is 20.1 Å². The van der Waals surface area contributed by atoms with E-state index in [0.29, 0.717) is 0 Å². The van der Waals surface area contributed by atoms with E-state index in [1.165, 1.54) is 30.3 Å². The molecule has 5 nitrogen and oxygen atoms in total. The molecule has 3 aromatic carbocycles. The Hall–Kier alpha value is -3.25. The number of carbonyl (C=O) groups excluding carboxylic acids is 2. The van der Waals surface area contributed by atoms with Gasteiger partial charge in [0.2, 0.25) is 9.84 Å². The van der Waals surface area contributed by atoms with Gasteiger partial charge < -0.3 is 5.32 Å². The Kier molecular flexibility index (Phi) is 5.26. The summed E-state index contributed by atoms with van der Waals surface area (Å²) in [4.78, 5) is 25.6. The van der Waals surface area contributed by atoms with Gasteiger partial charge in [-0.3, -0.25) is 9.59 Å². The summed E-state index contributed by atoms with van der Waals surface area (Å²) in [5, 5.41) is 3.00. The number of carbonyl (C=O) groups is 2. The van der Waals surface area contributed by atoms with Crippen molar-refractivity contribution >= 4 is 21.5 Å². The molecule has 6 heteroatoms. The summed E-state index contributed by atoms with van der Waals surface area (Å²) in [6, 6.07) is 19.9. The highest BCUT2D eigenvalue weighted by Crippen LogP contribution is 2.34. The molecule has 1 amide bonds. The molecule has 0 saturated heterocycles. The first-order valence-corrected chi connectivity index (χ1v) is 11.3. The van der Waals surface area contributed by atoms with Crippen molar-refractivity contribution in [3.05, 3.63) is 95.1 Å². The van der Waals surface area contributed by atoms with Crippen LogP contribution < -0.4 is 5.32 Å². The predicted molar refractivity (Wildman–Crippen MR) is 113 cm³/mol. The van der Waals surface area contributed by atoms with Gasteiger partial charge in [-0.05, 0) is 42.3 Å². The van der Waals surface area contributed by atoms with Gasteiger partial charge >= 0.3 is 0 Å². The van der Waals surface area contributed by atoms with Crippen molar-refractivity contribution in [2.24, 2.45) is 0 Å². The number of rotatable bonds is 5. The molecule has 0 fully saturated rings. The molecule has 1 unspecified atom stereocenters. The Balaban J connectivity index is 1.70. The number of hydrogen-bond donors (Lipinski definition) is 1. The Morgan fingerprint density at radius 1 is 0.900 bits per heavy atom. The lowest BCUT2D eigenvalue weighted by Crippen LogP contribution is -2.29. The number of fused-ring (bicyclic) bond motifs is 2. The standard InChI is InChI=1S/C24H21NO4S/c1-2-8-20(16-9-4-3-5-10-16)25-24(27)17-13-14-19-22(15-17)30(28,29)21-12-7-6-11-18(21)23(19)26/h3-7,9-15,20H,2,8H2,1H3,(H,25,27). The van der Waals surface area contributed by atoms with E-state index in [0.717, 1.165) is 18.4 Å². The second-order valence-electron chi connectivity index (χ2n) is 7.27. The minimum absolute atomic E-state index is 0.0202. The topological polar surface area (TPSA) is 80.3 Å². The third-order valence-corrected chi connectivity index (χ3v) is 7.14. The summed E-state index contributed by atoms with van der Waals surface area (Å²) in [7, 11) is -3.88. The molecule has 1 aliphatic rings. The number of nitrogens with one attached hydrogen (secondary N) is 1. The van der Waals surface area contributed by atoms with Gasteiger partial charge in [0.1, 0.15) is 0 Å². The lowest BCUT2D eigenvalue weighted by molar-refractivity contribution is 0.0932. The number of hydrogen-bond acceptors (Lipinski definition) is 4. The molecule has 1 N–H and O–H groups in total. The largest absolute Gasteiger partial charge is 0.345 e. The van der Waals surface area contributed by atoms with Crippen LogP contribution >= 0.6 is 0 Å². The Bertz CT molecular complexity index is 1230. The van der Waals surface area contributed by atoms with Crippen LogP contribution in [0.1, 0.15) is 57.7 Å². The predicted octanol–water partition coefficient (Wildman–Crippen LogP) is 4.34. The third kappa shape index (κ3) is 3.44. The van der Waals surface area contributed by atoms with Crippen LogP contribution in [0.2, 0.25) is 0 Å². The van der Waals surface area contributed by atoms with Crippen molar-refractivity contribution in [1.29, 1.82) is 0 Å². The number of sulfone groups is 1. The van der Waals surface area contributed by atoms with Gasteiger partial charge in [0.05, 0.1) is 15.8 Å². The quantitative estimate of drug-likeness (QED) is 0.522. The molecular formula is C24H21NO4S. The molecule has 0 bridgehead atoms. The van der Waals surface area contributed by atoms with E-state index in [1.807, 2.05) is 37.3 Å². The lowest BCUT2D eigenvalue weighted by Gasteiger charge is -2.21. The van der Waals surface area contributed by atoms with Crippen molar-refractivity contribution in [1.82, 2.24) is 5.32 Å². The molecule has 30 heavy (non-hydrogen) atoms. The van der Waals surface area contributed by atoms with E-state index in [4.69, 9.17) is 0 Å². The summed E-state index contributed by atoms with van der Waals surface area (Å²) < 4.78 is 26.2. The molecule has 0 radical (unpaired) electrons. The molecule has 1 atom stereocenters. The summed E-state index contributed by atoms with van der Waals surface area (Å²) >= 11 is 0. The summed E-state index contributed by atoms with van der Waals surface area (Å²) in [6.45, 7) is 2.04. The molecule has 1 aliphatic heterocycles. The van der Waals surface area contributed by atoms with Crippen LogP contribution in [0.4, 0.5) is 0 Å². The average Bonchev–Trinajstić information content (AvgIpc) is 2.77. The maximum atomic E-state index is 13.1. The number of ketones is 1. The lowest BCUT2D eigenvalue weighted by atomic mass is 10.00. The third-order valence-electron chi connectivity index (χ3n) is 5.28. The maximum absolute atomic E-state index is 13.1. The SMILES string of the molecule is CCCC(NC(=O)c1ccc2c(c1)S(=O)(=O)c1ccccc1C2=O)c1ccccc1. The zero-order valence-electron chi connectivity index (χ0n) is 16.5. The maximum Gasteiger partial charge on any atom is 0.251 e. The first kappa shape index (κ1) is 20.0. The van der Waals surface area contributed by atoms with E-state index < -0.39 is 9.84 Å². The van der Waals surface area contributed by atoms with E-state index in [-0.39, 0.29) is 44.2 Å². The first-order chi connectivity index (χ1) is 14.4. The Morgan fingerprint density at radius 3 is 2.30 bits per heavy atom. The van der Waals surface area contributed by atoms with Crippen LogP contribution in [0.25, 0.3) is 0 Å². The molecule has 3 aromatic rings. The molecule has 4 rings (SSSR count). The van der Waals surface area contributed by atoms with Crippen LogP contribution in [0.5, 0.6) is 0 Å². The summed E-state index contributed by atoms with van der Waals surface area (Å²) in [5.74, 6) is -0.725. The van der Waals surface area contributed by atoms with Gasteiger partial charge in [-0.1, -0.05) is 55.8 Å². The number of benzene rings is 3. The highest BCUT2D eigenvalue weighted by atomic mass is 32.2. The van der Waals surface area contributed by atoms with Crippen molar-refractivity contribution in [3.8, 4) is 0 Å². The fourth-order valence-electron chi connectivity index (χ4n) is 3.76. The van der Waals surface area contributed by atoms with Crippen LogP contribution in [0, 0.1) is 0 Å². The second-order valence-corrected chi connectivity index (χ2v) is 9.15. The van der Waals surface area contributed by atoms with Crippen molar-refractivity contribution in [2.75, 3.05) is 0 Å². The zero-order valence-corrected chi connectivity index (χ0v) is 17.3. The van der Waals surface area contributed by atoms with Gasteiger partial charge in [-0.2, -0.15) is 0 Å². The second kappa shape index (κ2) is 7.88. The molecule has 0 spiro atoms. The van der Waals surface area contributed by atoms with Gasteiger partial charge in [0, 0.05) is 16.7 Å². The molecule has 152 valence electrons. The van der Waals surface area contributed by atoms with Crippen LogP contribution in [0.15, 0.2) is 82.6 Å². The van der Waals surface area contributed by atoms with E-state index >= 15 is 0 Å². The molecule has 0 aliphatic carbocycles. The Labute approximate surface area is 175 Å². The van der Waals surface area contributed by atoms with Crippen LogP contribution in [-0.2, 0) is 9.84 Å². The summed E-state index contributed by atoms with van der Waals surface area (Å²) in [5.41, 5.74) is 1.46. The minimum Gasteiger partial charge on any atom is -0.345 e. The van der Waals surface area contributed by atoms with E-state index in [1.54, 1.807) is 12.1 Å². The van der Waals surface area contributed by atoms with Crippen LogP contribution in [0.3, 0.4) is 0 Å². The molecular weight excluding hydrogens is 398 g/mol. The number of amides is 1. The van der Waals surface area contributed by atoms with Gasteiger partial charge in [-0.15, -0.1) is 0 Å².